The van der Waals surface area contributed by atoms with Gasteiger partial charge in [0.05, 0.1) is 12.8 Å². The zero-order valence-corrected chi connectivity index (χ0v) is 18.2. The number of rotatable bonds is 6. The molecular weight excluding hydrogens is 416 g/mol. The molecule has 0 spiro atoms. The number of nitrogens with one attached hydrogen (secondary N) is 1. The molecule has 1 fully saturated rings. The predicted octanol–water partition coefficient (Wildman–Crippen LogP) is 2.98. The third-order valence-corrected chi connectivity index (χ3v) is 4.54. The van der Waals surface area contributed by atoms with Crippen LogP contribution in [0.3, 0.4) is 0 Å². The number of carbonyl (C=O) groups excluding carboxylic acids is 4. The molecule has 0 heterocycles. The van der Waals surface area contributed by atoms with Gasteiger partial charge in [0.25, 0.3) is 0 Å². The normalized spacial score (nSPS) is 14.1. The number of urea groups is 1. The van der Waals surface area contributed by atoms with Crippen molar-refractivity contribution in [2.24, 2.45) is 0 Å². The average Bonchev–Trinajstić information content (AvgIpc) is 3.15. The Labute approximate surface area is 181 Å². The molecule has 1 saturated carbocycles. The van der Waals surface area contributed by atoms with E-state index < -0.39 is 30.0 Å². The van der Waals surface area contributed by atoms with Gasteiger partial charge in [-0.3, -0.25) is 14.5 Å². The van der Waals surface area contributed by atoms with E-state index in [0.717, 1.165) is 25.7 Å². The first-order chi connectivity index (χ1) is 13.7. The second-order valence-corrected chi connectivity index (χ2v) is 6.82. The van der Waals surface area contributed by atoms with E-state index in [1.807, 2.05) is 0 Å². The number of hydrogen-bond donors (Lipinski definition) is 1. The lowest BCUT2D eigenvalue weighted by Gasteiger charge is -2.29. The molecule has 30 heavy (non-hydrogen) atoms. The van der Waals surface area contributed by atoms with Gasteiger partial charge in [-0.2, -0.15) is 0 Å². The van der Waals surface area contributed by atoms with Crippen molar-refractivity contribution in [3.63, 3.8) is 0 Å². The molecular formula is C20H27ClN2O7. The third-order valence-electron chi connectivity index (χ3n) is 4.54. The lowest BCUT2D eigenvalue weighted by Crippen LogP contribution is -2.51. The van der Waals surface area contributed by atoms with Gasteiger partial charge in [-0.15, -0.1) is 12.4 Å². The van der Waals surface area contributed by atoms with E-state index in [1.165, 1.54) is 51.0 Å². The zero-order chi connectivity index (χ0) is 21.6. The Kier molecular flexibility index (Phi) is 9.58. The molecule has 0 saturated heterocycles. The molecule has 9 nitrogen and oxygen atoms in total. The van der Waals surface area contributed by atoms with Crippen molar-refractivity contribution in [2.45, 2.75) is 58.5 Å². The summed E-state index contributed by atoms with van der Waals surface area (Å²) in [5.41, 5.74) is 0.283. The van der Waals surface area contributed by atoms with Gasteiger partial charge in [0.2, 0.25) is 0 Å². The minimum atomic E-state index is -0.939. The Morgan fingerprint density at radius 3 is 2.13 bits per heavy atom. The highest BCUT2D eigenvalue weighted by Crippen LogP contribution is 2.33. The summed E-state index contributed by atoms with van der Waals surface area (Å²) in [7, 11) is 1.24. The summed E-state index contributed by atoms with van der Waals surface area (Å²) >= 11 is 0. The topological polar surface area (TPSA) is 111 Å². The fourth-order valence-electron chi connectivity index (χ4n) is 3.23. The van der Waals surface area contributed by atoms with Crippen LogP contribution in [0, 0.1) is 0 Å². The van der Waals surface area contributed by atoms with Gasteiger partial charge < -0.3 is 19.5 Å². The number of hydrogen-bond acceptors (Lipinski definition) is 7. The molecule has 1 N–H and O–H groups in total. The van der Waals surface area contributed by atoms with Gasteiger partial charge >= 0.3 is 23.9 Å². The molecule has 2 amide bonds. The Morgan fingerprint density at radius 2 is 1.60 bits per heavy atom. The van der Waals surface area contributed by atoms with Crippen LogP contribution in [0.25, 0.3) is 0 Å². The Bertz CT molecular complexity index is 793. The number of amides is 2. The number of ether oxygens (including phenoxy) is 3. The number of methoxy groups -OCH3 is 1. The number of anilines is 1. The summed E-state index contributed by atoms with van der Waals surface area (Å²) in [4.78, 5) is 49.1. The van der Waals surface area contributed by atoms with E-state index in [-0.39, 0.29) is 35.6 Å². The highest BCUT2D eigenvalue weighted by Gasteiger charge is 2.31. The van der Waals surface area contributed by atoms with Gasteiger partial charge in [-0.05, 0) is 31.9 Å². The number of nitrogens with zero attached hydrogens (tertiary/aromatic N) is 1. The quantitative estimate of drug-likeness (QED) is 0.532. The van der Waals surface area contributed by atoms with E-state index in [0.29, 0.717) is 0 Å². The monoisotopic (exact) mass is 442 g/mol. The Hall–Kier alpha value is -2.81. The fraction of sp³-hybridized carbons (Fsp3) is 0.500. The summed E-state index contributed by atoms with van der Waals surface area (Å²) < 4.78 is 15.0. The largest absolute Gasteiger partial charge is 0.467 e. The number of esters is 3. The Balaban J connectivity index is 0.00000450. The number of carbonyl (C=O) groups is 4. The molecule has 0 aromatic heterocycles. The first kappa shape index (κ1) is 25.2. The van der Waals surface area contributed by atoms with Gasteiger partial charge in [-0.25, -0.2) is 9.59 Å². The van der Waals surface area contributed by atoms with Gasteiger partial charge in [0, 0.05) is 26.0 Å². The van der Waals surface area contributed by atoms with Crippen LogP contribution in [-0.2, 0) is 19.1 Å². The third kappa shape index (κ3) is 6.62. The maximum atomic E-state index is 13.0. The first-order valence-electron chi connectivity index (χ1n) is 9.41. The summed E-state index contributed by atoms with van der Waals surface area (Å²) in [6, 6.07) is 2.89. The van der Waals surface area contributed by atoms with Gasteiger partial charge in [0.15, 0.2) is 11.5 Å². The second kappa shape index (κ2) is 11.4. The average molecular weight is 443 g/mol. The lowest BCUT2D eigenvalue weighted by atomic mass is 10.2. The van der Waals surface area contributed by atoms with Gasteiger partial charge in [0.1, 0.15) is 6.04 Å². The summed E-state index contributed by atoms with van der Waals surface area (Å²) in [5.74, 6) is -1.84. The van der Waals surface area contributed by atoms with Crippen LogP contribution in [0.5, 0.6) is 11.5 Å². The van der Waals surface area contributed by atoms with Crippen molar-refractivity contribution < 1.29 is 33.4 Å². The molecule has 0 aliphatic heterocycles. The standard InChI is InChI=1S/C20H26N2O7.ClH/c1-12(19(25)27-4)22(20(26)21-15-7-5-6-8-15)16-9-10-17(28-13(2)23)18(11-16)29-14(3)24;/h9-12,15H,5-8H2,1-4H3,(H,21,26);1H. The first-order valence-corrected chi connectivity index (χ1v) is 9.41. The molecule has 1 aromatic carbocycles. The lowest BCUT2D eigenvalue weighted by molar-refractivity contribution is -0.141. The molecule has 2 rings (SSSR count). The van der Waals surface area contributed by atoms with Crippen molar-refractivity contribution in [1.29, 1.82) is 0 Å². The van der Waals surface area contributed by atoms with Crippen molar-refractivity contribution in [2.75, 3.05) is 12.0 Å². The Morgan fingerprint density at radius 1 is 1.03 bits per heavy atom. The molecule has 0 bridgehead atoms. The molecule has 1 unspecified atom stereocenters. The molecule has 1 aliphatic rings. The molecule has 1 atom stereocenters. The van der Waals surface area contributed by atoms with Crippen LogP contribution in [0.1, 0.15) is 46.5 Å². The summed E-state index contributed by atoms with van der Waals surface area (Å²) in [6.45, 7) is 3.95. The fourth-order valence-corrected chi connectivity index (χ4v) is 3.23. The second-order valence-electron chi connectivity index (χ2n) is 6.82. The molecule has 1 aromatic rings. The maximum absolute atomic E-state index is 13.0. The van der Waals surface area contributed by atoms with Crippen LogP contribution in [-0.4, -0.2) is 43.1 Å². The van der Waals surface area contributed by atoms with Crippen molar-refractivity contribution in [1.82, 2.24) is 5.32 Å². The minimum Gasteiger partial charge on any atom is -0.467 e. The van der Waals surface area contributed by atoms with Crippen LogP contribution in [0.15, 0.2) is 18.2 Å². The molecule has 1 aliphatic carbocycles. The maximum Gasteiger partial charge on any atom is 0.328 e. The predicted molar refractivity (Wildman–Crippen MR) is 111 cm³/mol. The molecule has 0 radical (unpaired) electrons. The van der Waals surface area contributed by atoms with E-state index in [9.17, 15) is 19.2 Å². The van der Waals surface area contributed by atoms with Crippen LogP contribution in [0.4, 0.5) is 10.5 Å². The van der Waals surface area contributed by atoms with Crippen LogP contribution >= 0.6 is 12.4 Å². The smallest absolute Gasteiger partial charge is 0.328 e. The van der Waals surface area contributed by atoms with Crippen LogP contribution in [0.2, 0.25) is 0 Å². The number of benzene rings is 1. The summed E-state index contributed by atoms with van der Waals surface area (Å²) in [6.07, 6.45) is 3.81. The molecule has 10 heteroatoms. The highest BCUT2D eigenvalue weighted by atomic mass is 35.5. The van der Waals surface area contributed by atoms with Crippen LogP contribution < -0.4 is 19.7 Å². The number of halogens is 1. The zero-order valence-electron chi connectivity index (χ0n) is 17.4. The SMILES string of the molecule is COC(=O)C(C)N(C(=O)NC1CCCC1)c1ccc(OC(C)=O)c(OC(C)=O)c1.Cl. The summed E-state index contributed by atoms with van der Waals surface area (Å²) in [5, 5.41) is 2.93. The van der Waals surface area contributed by atoms with Crippen molar-refractivity contribution in [3.8, 4) is 11.5 Å². The molecule has 166 valence electrons. The minimum absolute atomic E-state index is 0. The van der Waals surface area contributed by atoms with Gasteiger partial charge in [-0.1, -0.05) is 12.8 Å². The van der Waals surface area contributed by atoms with E-state index in [2.05, 4.69) is 5.32 Å². The van der Waals surface area contributed by atoms with Crippen molar-refractivity contribution in [3.05, 3.63) is 18.2 Å². The van der Waals surface area contributed by atoms with E-state index >= 15 is 0 Å². The van der Waals surface area contributed by atoms with Crippen molar-refractivity contribution >= 4 is 42.0 Å². The highest BCUT2D eigenvalue weighted by molar-refractivity contribution is 5.99. The van der Waals surface area contributed by atoms with E-state index in [1.54, 1.807) is 0 Å². The van der Waals surface area contributed by atoms with E-state index in [4.69, 9.17) is 14.2 Å².